The Morgan fingerprint density at radius 3 is 3.06 bits per heavy atom. The molecule has 0 saturated carbocycles. The fraction of sp³-hybridized carbons (Fsp3) is 0.556. The molecule has 1 aromatic rings. The lowest BCUT2D eigenvalue weighted by Gasteiger charge is -2.10. The Labute approximate surface area is 100 Å². The number of urea groups is 1. The summed E-state index contributed by atoms with van der Waals surface area (Å²) in [4.78, 5) is 18.0. The van der Waals surface area contributed by atoms with Crippen LogP contribution in [0.5, 0.6) is 0 Å². The van der Waals surface area contributed by atoms with Gasteiger partial charge >= 0.3 is 6.03 Å². The van der Waals surface area contributed by atoms with Crippen molar-refractivity contribution >= 4 is 18.8 Å². The summed E-state index contributed by atoms with van der Waals surface area (Å²) in [5.41, 5.74) is 1.05. The van der Waals surface area contributed by atoms with Gasteiger partial charge in [0.2, 0.25) is 0 Å². The topological polar surface area (TPSA) is 73.1 Å². The molecule has 6 nitrogen and oxygen atoms in total. The van der Waals surface area contributed by atoms with Gasteiger partial charge < -0.3 is 15.6 Å². The fourth-order valence-corrected chi connectivity index (χ4v) is 1.20. The van der Waals surface area contributed by atoms with Crippen molar-refractivity contribution in [1.82, 2.24) is 24.9 Å². The van der Waals surface area contributed by atoms with E-state index in [0.29, 0.717) is 6.54 Å². The van der Waals surface area contributed by atoms with Gasteiger partial charge in [0.05, 0.1) is 6.33 Å². The fourth-order valence-electron chi connectivity index (χ4n) is 1.13. The molecule has 1 rings (SSSR count). The Morgan fingerprint density at radius 2 is 2.44 bits per heavy atom. The van der Waals surface area contributed by atoms with Gasteiger partial charge in [-0.3, -0.25) is 4.31 Å². The van der Waals surface area contributed by atoms with Crippen LogP contribution in [-0.4, -0.2) is 40.4 Å². The first-order chi connectivity index (χ1) is 7.70. The van der Waals surface area contributed by atoms with E-state index in [-0.39, 0.29) is 6.03 Å². The van der Waals surface area contributed by atoms with E-state index in [4.69, 9.17) is 0 Å². The summed E-state index contributed by atoms with van der Waals surface area (Å²) in [5.74, 6) is 0. The van der Waals surface area contributed by atoms with Crippen LogP contribution in [0.25, 0.3) is 0 Å². The van der Waals surface area contributed by atoms with E-state index < -0.39 is 0 Å². The second-order valence-electron chi connectivity index (χ2n) is 3.36. The minimum absolute atomic E-state index is 0.183. The predicted octanol–water partition coefficient (Wildman–Crippen LogP) is 0.376. The standard InChI is InChI=1S/C9H17N5OS/c1-14(16)9(15)12-4-2-3-10-5-8-6-11-7-13-8/h6-7,10,16H,2-5H2,1H3,(H,11,13)(H,12,15). The Bertz CT molecular complexity index is 301. The summed E-state index contributed by atoms with van der Waals surface area (Å²) in [6.45, 7) is 2.25. The quantitative estimate of drug-likeness (QED) is 0.431. The Balaban J connectivity index is 1.94. The lowest BCUT2D eigenvalue weighted by Crippen LogP contribution is -2.33. The number of nitrogens with one attached hydrogen (secondary N) is 3. The number of thiol groups is 1. The molecule has 1 aromatic heterocycles. The first-order valence-corrected chi connectivity index (χ1v) is 5.48. The number of amides is 2. The molecule has 0 radical (unpaired) electrons. The van der Waals surface area contributed by atoms with Gasteiger partial charge in [0, 0.05) is 32.0 Å². The SMILES string of the molecule is CN(S)C(=O)NCCCNCc1cnc[nH]1. The van der Waals surface area contributed by atoms with Gasteiger partial charge in [0.1, 0.15) is 0 Å². The third-order valence-electron chi connectivity index (χ3n) is 1.97. The number of hydrogen-bond acceptors (Lipinski definition) is 4. The zero-order valence-corrected chi connectivity index (χ0v) is 10.1. The molecule has 0 bridgehead atoms. The average Bonchev–Trinajstić information content (AvgIpc) is 2.75. The molecule has 0 aromatic carbocycles. The molecule has 0 aliphatic heterocycles. The van der Waals surface area contributed by atoms with Crippen LogP contribution in [0.1, 0.15) is 12.1 Å². The van der Waals surface area contributed by atoms with E-state index in [9.17, 15) is 4.79 Å². The molecule has 0 unspecified atom stereocenters. The average molecular weight is 243 g/mol. The molecule has 0 spiro atoms. The maximum atomic E-state index is 11.1. The van der Waals surface area contributed by atoms with E-state index in [1.165, 1.54) is 4.31 Å². The van der Waals surface area contributed by atoms with Crippen LogP contribution in [-0.2, 0) is 6.54 Å². The van der Waals surface area contributed by atoms with Gasteiger partial charge in [-0.15, -0.1) is 0 Å². The summed E-state index contributed by atoms with van der Waals surface area (Å²) < 4.78 is 1.22. The number of aromatic amines is 1. The van der Waals surface area contributed by atoms with Crippen LogP contribution >= 0.6 is 12.8 Å². The number of H-pyrrole nitrogens is 1. The van der Waals surface area contributed by atoms with Gasteiger partial charge in [-0.1, -0.05) is 12.8 Å². The van der Waals surface area contributed by atoms with Crippen LogP contribution in [0.4, 0.5) is 4.79 Å². The van der Waals surface area contributed by atoms with Crippen LogP contribution in [0.15, 0.2) is 12.5 Å². The van der Waals surface area contributed by atoms with E-state index in [2.05, 4.69) is 33.4 Å². The van der Waals surface area contributed by atoms with Gasteiger partial charge in [-0.2, -0.15) is 0 Å². The van der Waals surface area contributed by atoms with Crippen molar-refractivity contribution in [2.75, 3.05) is 20.1 Å². The number of carbonyl (C=O) groups is 1. The molecule has 0 saturated heterocycles. The zero-order chi connectivity index (χ0) is 11.8. The first-order valence-electron chi connectivity index (χ1n) is 5.08. The van der Waals surface area contributed by atoms with Crippen LogP contribution < -0.4 is 10.6 Å². The monoisotopic (exact) mass is 243 g/mol. The van der Waals surface area contributed by atoms with Crippen molar-refractivity contribution in [1.29, 1.82) is 0 Å². The lowest BCUT2D eigenvalue weighted by molar-refractivity contribution is 0.231. The number of aromatic nitrogens is 2. The summed E-state index contributed by atoms with van der Waals surface area (Å²) in [7, 11) is 1.59. The molecule has 7 heteroatoms. The van der Waals surface area contributed by atoms with Gasteiger partial charge in [-0.25, -0.2) is 9.78 Å². The van der Waals surface area contributed by atoms with Crippen LogP contribution in [0.2, 0.25) is 0 Å². The van der Waals surface area contributed by atoms with E-state index >= 15 is 0 Å². The molecule has 90 valence electrons. The van der Waals surface area contributed by atoms with Crippen molar-refractivity contribution in [2.24, 2.45) is 0 Å². The number of nitrogens with zero attached hydrogens (tertiary/aromatic N) is 2. The predicted molar refractivity (Wildman–Crippen MR) is 65.1 cm³/mol. The highest BCUT2D eigenvalue weighted by molar-refractivity contribution is 7.78. The minimum Gasteiger partial charge on any atom is -0.347 e. The molecule has 2 amide bonds. The molecular weight excluding hydrogens is 226 g/mol. The van der Waals surface area contributed by atoms with Crippen molar-refractivity contribution in [2.45, 2.75) is 13.0 Å². The van der Waals surface area contributed by atoms with E-state index in [1.807, 2.05) is 0 Å². The zero-order valence-electron chi connectivity index (χ0n) is 9.23. The smallest absolute Gasteiger partial charge is 0.326 e. The number of carbonyl (C=O) groups excluding carboxylic acids is 1. The van der Waals surface area contributed by atoms with Crippen LogP contribution in [0, 0.1) is 0 Å². The van der Waals surface area contributed by atoms with Gasteiger partial charge in [0.25, 0.3) is 0 Å². The second-order valence-corrected chi connectivity index (χ2v) is 3.96. The molecule has 0 aliphatic rings. The normalized spacial score (nSPS) is 10.1. The molecule has 0 fully saturated rings. The maximum absolute atomic E-state index is 11.1. The Kier molecular flexibility index (Phi) is 5.73. The van der Waals surface area contributed by atoms with Crippen molar-refractivity contribution in [3.8, 4) is 0 Å². The summed E-state index contributed by atoms with van der Waals surface area (Å²) in [5, 5.41) is 5.96. The highest BCUT2D eigenvalue weighted by Crippen LogP contribution is 1.89. The van der Waals surface area contributed by atoms with Crippen molar-refractivity contribution < 1.29 is 4.79 Å². The van der Waals surface area contributed by atoms with Gasteiger partial charge in [0.15, 0.2) is 0 Å². The van der Waals surface area contributed by atoms with Crippen molar-refractivity contribution in [3.63, 3.8) is 0 Å². The van der Waals surface area contributed by atoms with Crippen LogP contribution in [0.3, 0.4) is 0 Å². The summed E-state index contributed by atoms with van der Waals surface area (Å²) in [6, 6.07) is -0.183. The summed E-state index contributed by atoms with van der Waals surface area (Å²) in [6.07, 6.45) is 4.31. The van der Waals surface area contributed by atoms with Gasteiger partial charge in [-0.05, 0) is 13.0 Å². The molecule has 16 heavy (non-hydrogen) atoms. The Morgan fingerprint density at radius 1 is 1.62 bits per heavy atom. The lowest BCUT2D eigenvalue weighted by atomic mass is 10.4. The Hall–Kier alpha value is -1.21. The highest BCUT2D eigenvalue weighted by atomic mass is 32.1. The molecule has 1 heterocycles. The van der Waals surface area contributed by atoms with Crippen molar-refractivity contribution in [3.05, 3.63) is 18.2 Å². The molecule has 0 aliphatic carbocycles. The molecule has 0 atom stereocenters. The van der Waals surface area contributed by atoms with E-state index in [1.54, 1.807) is 19.6 Å². The first kappa shape index (κ1) is 12.9. The molecular formula is C9H17N5OS. The minimum atomic E-state index is -0.183. The number of rotatable bonds is 6. The maximum Gasteiger partial charge on any atom is 0.326 e. The highest BCUT2D eigenvalue weighted by Gasteiger charge is 2.01. The third-order valence-corrected chi connectivity index (χ3v) is 2.15. The van der Waals surface area contributed by atoms with E-state index in [0.717, 1.165) is 25.2 Å². The number of hydrogen-bond donors (Lipinski definition) is 4. The second kappa shape index (κ2) is 7.13. The largest absolute Gasteiger partial charge is 0.347 e. The number of imidazole rings is 1. The third kappa shape index (κ3) is 5.04. The summed E-state index contributed by atoms with van der Waals surface area (Å²) >= 11 is 3.87. The molecule has 3 N–H and O–H groups in total.